The molecule has 0 bridgehead atoms. The van der Waals surface area contributed by atoms with Gasteiger partial charge in [-0.25, -0.2) is 0 Å². The number of benzene rings is 1. The van der Waals surface area contributed by atoms with Crippen LogP contribution >= 0.6 is 0 Å². The van der Waals surface area contributed by atoms with Crippen LogP contribution in [0.1, 0.15) is 25.1 Å². The zero-order chi connectivity index (χ0) is 18.5. The molecule has 2 atom stereocenters. The van der Waals surface area contributed by atoms with E-state index >= 15 is 0 Å². The lowest BCUT2D eigenvalue weighted by Crippen LogP contribution is -2.37. The zero-order valence-corrected chi connectivity index (χ0v) is 16.4. The predicted octanol–water partition coefficient (Wildman–Crippen LogP) is 3.68. The Morgan fingerprint density at radius 1 is 1.15 bits per heavy atom. The Hall–Kier alpha value is -1.91. The number of aromatic nitrogens is 1. The average Bonchev–Trinajstić information content (AvgIpc) is 3.06. The largest absolute Gasteiger partial charge is 0.487 e. The van der Waals surface area contributed by atoms with Gasteiger partial charge in [-0.15, -0.1) is 0 Å². The first-order valence-electron chi connectivity index (χ1n) is 9.53. The van der Waals surface area contributed by atoms with Gasteiger partial charge in [0.05, 0.1) is 5.69 Å². The van der Waals surface area contributed by atoms with Gasteiger partial charge in [0.15, 0.2) is 0 Å². The van der Waals surface area contributed by atoms with Crippen molar-refractivity contribution < 1.29 is 4.74 Å². The predicted molar refractivity (Wildman–Crippen MR) is 106 cm³/mol. The number of hydrogen-bond acceptors (Lipinski definition) is 4. The van der Waals surface area contributed by atoms with E-state index in [4.69, 9.17) is 4.74 Å². The number of nitrogens with zero attached hydrogens (tertiary/aromatic N) is 3. The first kappa shape index (κ1) is 18.9. The second-order valence-electron chi connectivity index (χ2n) is 7.89. The Balaban J connectivity index is 1.60. The number of ether oxygens (including phenoxy) is 1. The molecule has 2 aromatic rings. The van der Waals surface area contributed by atoms with Gasteiger partial charge in [0.25, 0.3) is 0 Å². The first-order valence-corrected chi connectivity index (χ1v) is 9.53. The average molecular weight is 354 g/mol. The van der Waals surface area contributed by atoms with Crippen molar-refractivity contribution in [1.29, 1.82) is 0 Å². The molecular formula is C22H31N3O. The van der Waals surface area contributed by atoms with Crippen LogP contribution < -0.4 is 4.74 Å². The van der Waals surface area contributed by atoms with Gasteiger partial charge >= 0.3 is 0 Å². The minimum absolute atomic E-state index is 0.506. The van der Waals surface area contributed by atoms with E-state index in [0.717, 1.165) is 30.5 Å². The summed E-state index contributed by atoms with van der Waals surface area (Å²) in [7, 11) is 4.41. The normalized spacial score (nSPS) is 20.8. The van der Waals surface area contributed by atoms with Gasteiger partial charge in [-0.3, -0.25) is 9.88 Å². The molecule has 0 amide bonds. The van der Waals surface area contributed by atoms with Crippen LogP contribution in [0.25, 0.3) is 0 Å². The molecule has 140 valence electrons. The highest BCUT2D eigenvalue weighted by atomic mass is 16.5. The molecular weight excluding hydrogens is 322 g/mol. The molecule has 3 rings (SSSR count). The summed E-state index contributed by atoms with van der Waals surface area (Å²) in [6.07, 6.45) is 1.80. The van der Waals surface area contributed by atoms with E-state index in [0.29, 0.717) is 18.6 Å². The quantitative estimate of drug-likeness (QED) is 0.759. The molecule has 26 heavy (non-hydrogen) atoms. The maximum absolute atomic E-state index is 5.93. The number of likely N-dealkylation sites (N-methyl/N-ethyl adjacent to an activating group) is 1. The Bertz CT molecular complexity index is 671. The minimum atomic E-state index is 0.506. The molecule has 0 N–H and O–H groups in total. The van der Waals surface area contributed by atoms with E-state index in [1.54, 1.807) is 6.20 Å². The van der Waals surface area contributed by atoms with Crippen LogP contribution in [0.3, 0.4) is 0 Å². The number of rotatable bonds is 7. The van der Waals surface area contributed by atoms with Crippen molar-refractivity contribution in [2.45, 2.75) is 33.0 Å². The maximum Gasteiger partial charge on any atom is 0.130 e. The second kappa shape index (κ2) is 8.65. The summed E-state index contributed by atoms with van der Waals surface area (Å²) in [5.74, 6) is 2.35. The molecule has 0 radical (unpaired) electrons. The van der Waals surface area contributed by atoms with Crippen LogP contribution in [0.4, 0.5) is 0 Å². The lowest BCUT2D eigenvalue weighted by Gasteiger charge is -2.27. The minimum Gasteiger partial charge on any atom is -0.487 e. The molecule has 4 heteroatoms. The van der Waals surface area contributed by atoms with Gasteiger partial charge in [0.2, 0.25) is 0 Å². The second-order valence-corrected chi connectivity index (χ2v) is 7.89. The third-order valence-corrected chi connectivity index (χ3v) is 5.35. The Kier molecular flexibility index (Phi) is 6.28. The maximum atomic E-state index is 5.93. The molecule has 1 aromatic carbocycles. The number of likely N-dealkylation sites (tertiary alicyclic amines) is 1. The van der Waals surface area contributed by atoms with Crippen molar-refractivity contribution in [2.75, 3.05) is 27.2 Å². The zero-order valence-electron chi connectivity index (χ0n) is 16.4. The van der Waals surface area contributed by atoms with Crippen molar-refractivity contribution in [3.8, 4) is 5.75 Å². The van der Waals surface area contributed by atoms with Gasteiger partial charge in [-0.2, -0.15) is 0 Å². The standard InChI is InChI=1S/C22H31N3O/c1-17(2)21-14-25(15-22(21)24(3)4)13-18-8-7-10-20(12-18)26-16-19-9-5-6-11-23-19/h5-12,17,21-22H,13-16H2,1-4H3/t21-,22+/m0/s1. The highest BCUT2D eigenvalue weighted by Crippen LogP contribution is 2.28. The Labute approximate surface area is 157 Å². The van der Waals surface area contributed by atoms with Gasteiger partial charge in [0.1, 0.15) is 12.4 Å². The summed E-state index contributed by atoms with van der Waals surface area (Å²) in [4.78, 5) is 9.27. The third-order valence-electron chi connectivity index (χ3n) is 5.35. The molecule has 1 aliphatic heterocycles. The Morgan fingerprint density at radius 3 is 2.65 bits per heavy atom. The smallest absolute Gasteiger partial charge is 0.130 e. The van der Waals surface area contributed by atoms with Crippen LogP contribution in [0.5, 0.6) is 5.75 Å². The summed E-state index contributed by atoms with van der Waals surface area (Å²) in [6, 6.07) is 15.0. The molecule has 4 nitrogen and oxygen atoms in total. The Morgan fingerprint density at radius 2 is 2.00 bits per heavy atom. The van der Waals surface area contributed by atoms with Gasteiger partial charge in [-0.05, 0) is 55.8 Å². The summed E-state index contributed by atoms with van der Waals surface area (Å²) in [6.45, 7) is 8.47. The van der Waals surface area contributed by atoms with Crippen molar-refractivity contribution in [2.24, 2.45) is 11.8 Å². The fourth-order valence-electron chi connectivity index (χ4n) is 3.86. The fourth-order valence-corrected chi connectivity index (χ4v) is 3.86. The molecule has 0 spiro atoms. The summed E-state index contributed by atoms with van der Waals surface area (Å²) >= 11 is 0. The van der Waals surface area contributed by atoms with Crippen LogP contribution in [0, 0.1) is 11.8 Å². The molecule has 2 heterocycles. The third kappa shape index (κ3) is 4.83. The lowest BCUT2D eigenvalue weighted by molar-refractivity contribution is 0.215. The highest BCUT2D eigenvalue weighted by Gasteiger charge is 2.35. The lowest BCUT2D eigenvalue weighted by atomic mass is 9.91. The van der Waals surface area contributed by atoms with E-state index < -0.39 is 0 Å². The first-order chi connectivity index (χ1) is 12.5. The van der Waals surface area contributed by atoms with Crippen molar-refractivity contribution in [3.05, 3.63) is 59.9 Å². The molecule has 1 fully saturated rings. The SMILES string of the molecule is CC(C)[C@@H]1CN(Cc2cccc(OCc3ccccn3)c2)C[C@H]1N(C)C. The molecule has 0 unspecified atom stereocenters. The van der Waals surface area contributed by atoms with E-state index in [1.807, 2.05) is 24.3 Å². The summed E-state index contributed by atoms with van der Waals surface area (Å²) in [5.41, 5.74) is 2.26. The summed E-state index contributed by atoms with van der Waals surface area (Å²) in [5, 5.41) is 0. The van der Waals surface area contributed by atoms with E-state index in [2.05, 4.69) is 60.9 Å². The topological polar surface area (TPSA) is 28.6 Å². The monoisotopic (exact) mass is 353 g/mol. The van der Waals surface area contributed by atoms with Crippen LogP contribution in [0.15, 0.2) is 48.7 Å². The van der Waals surface area contributed by atoms with Crippen molar-refractivity contribution in [1.82, 2.24) is 14.8 Å². The number of pyridine rings is 1. The van der Waals surface area contributed by atoms with Gasteiger partial charge in [0, 0.05) is 31.9 Å². The molecule has 0 saturated carbocycles. The van der Waals surface area contributed by atoms with Crippen molar-refractivity contribution in [3.63, 3.8) is 0 Å². The van der Waals surface area contributed by atoms with Crippen LogP contribution in [-0.2, 0) is 13.2 Å². The summed E-state index contributed by atoms with van der Waals surface area (Å²) < 4.78 is 5.93. The van der Waals surface area contributed by atoms with Crippen molar-refractivity contribution >= 4 is 0 Å². The molecule has 1 aliphatic rings. The molecule has 1 saturated heterocycles. The van der Waals surface area contributed by atoms with Gasteiger partial charge in [-0.1, -0.05) is 32.0 Å². The van der Waals surface area contributed by atoms with E-state index in [9.17, 15) is 0 Å². The van der Waals surface area contributed by atoms with Crippen LogP contribution in [-0.4, -0.2) is 48.0 Å². The van der Waals surface area contributed by atoms with Gasteiger partial charge < -0.3 is 9.64 Å². The fraction of sp³-hybridized carbons (Fsp3) is 0.500. The molecule has 1 aromatic heterocycles. The molecule has 0 aliphatic carbocycles. The number of hydrogen-bond donors (Lipinski definition) is 0. The van der Waals surface area contributed by atoms with E-state index in [-0.39, 0.29) is 0 Å². The van der Waals surface area contributed by atoms with E-state index in [1.165, 1.54) is 12.1 Å². The highest BCUT2D eigenvalue weighted by molar-refractivity contribution is 5.28. The van der Waals surface area contributed by atoms with Crippen LogP contribution in [0.2, 0.25) is 0 Å².